The van der Waals surface area contributed by atoms with Gasteiger partial charge in [-0.2, -0.15) is 5.26 Å². The van der Waals surface area contributed by atoms with E-state index in [9.17, 15) is 8.42 Å². The lowest BCUT2D eigenvalue weighted by molar-refractivity contribution is -0.101. The van der Waals surface area contributed by atoms with E-state index in [1.807, 2.05) is 36.5 Å². The predicted molar refractivity (Wildman–Crippen MR) is 146 cm³/mol. The molecule has 1 aliphatic rings. The standard InChI is InChI=1S/C26H37N7O4S/c27-23-30-26(31-25-10-13-28-14-11-25)29-12-6-1-2-7-21-38(34,35)33(22-24-8-4-3-5-9-24)37-20-17-32-15-18-36-19-16-32/h3-5,8-11,13-14H,1-2,6-7,12,15-22H2,(H2,28,29,30,31). The van der Waals surface area contributed by atoms with E-state index in [0.717, 1.165) is 48.1 Å². The molecular formula is C26H37N7O4S. The van der Waals surface area contributed by atoms with Gasteiger partial charge in [-0.3, -0.25) is 25.0 Å². The minimum atomic E-state index is -3.59. The van der Waals surface area contributed by atoms with E-state index in [4.69, 9.17) is 14.8 Å². The average molecular weight is 544 g/mol. The quantitative estimate of drug-likeness (QED) is 0.0868. The Bertz CT molecular complexity index is 1110. The minimum Gasteiger partial charge on any atom is -0.379 e. The lowest BCUT2D eigenvalue weighted by Crippen LogP contribution is -2.40. The maximum absolute atomic E-state index is 13.1. The number of morpholine rings is 1. The maximum Gasteiger partial charge on any atom is 0.236 e. The molecule has 2 aromatic rings. The number of anilines is 1. The Kier molecular flexibility index (Phi) is 13.0. The van der Waals surface area contributed by atoms with Crippen molar-refractivity contribution in [1.29, 1.82) is 5.26 Å². The lowest BCUT2D eigenvalue weighted by atomic mass is 10.2. The Morgan fingerprint density at radius 3 is 2.58 bits per heavy atom. The second-order valence-electron chi connectivity index (χ2n) is 8.79. The number of hydroxylamine groups is 1. The van der Waals surface area contributed by atoms with Gasteiger partial charge in [0, 0.05) is 44.3 Å². The molecule has 0 unspecified atom stereocenters. The van der Waals surface area contributed by atoms with Crippen molar-refractivity contribution in [3.05, 3.63) is 60.4 Å². The van der Waals surface area contributed by atoms with Crippen LogP contribution in [-0.2, 0) is 26.1 Å². The van der Waals surface area contributed by atoms with Gasteiger partial charge < -0.3 is 10.1 Å². The first-order valence-electron chi connectivity index (χ1n) is 12.9. The van der Waals surface area contributed by atoms with E-state index in [-0.39, 0.29) is 12.3 Å². The molecule has 1 aromatic carbocycles. The summed E-state index contributed by atoms with van der Waals surface area (Å²) >= 11 is 0. The van der Waals surface area contributed by atoms with Crippen LogP contribution in [0.5, 0.6) is 0 Å². The zero-order valence-corrected chi connectivity index (χ0v) is 22.5. The van der Waals surface area contributed by atoms with Gasteiger partial charge in [0.2, 0.25) is 16.0 Å². The Morgan fingerprint density at radius 1 is 1.11 bits per heavy atom. The summed E-state index contributed by atoms with van der Waals surface area (Å²) in [6.07, 6.45) is 8.06. The van der Waals surface area contributed by atoms with Gasteiger partial charge in [0.15, 0.2) is 6.19 Å². The van der Waals surface area contributed by atoms with Gasteiger partial charge in [-0.1, -0.05) is 47.6 Å². The van der Waals surface area contributed by atoms with Gasteiger partial charge in [-0.25, -0.2) is 8.42 Å². The van der Waals surface area contributed by atoms with Crippen molar-refractivity contribution in [3.8, 4) is 6.19 Å². The van der Waals surface area contributed by atoms with Crippen LogP contribution in [0.15, 0.2) is 59.9 Å². The molecule has 0 aliphatic carbocycles. The maximum atomic E-state index is 13.1. The molecule has 2 heterocycles. The van der Waals surface area contributed by atoms with Crippen molar-refractivity contribution in [1.82, 2.24) is 19.7 Å². The van der Waals surface area contributed by atoms with Crippen LogP contribution >= 0.6 is 0 Å². The van der Waals surface area contributed by atoms with Crippen molar-refractivity contribution in [2.45, 2.75) is 32.2 Å². The first-order chi connectivity index (χ1) is 18.6. The summed E-state index contributed by atoms with van der Waals surface area (Å²) in [5.74, 6) is 0.387. The molecule has 0 spiro atoms. The number of benzene rings is 1. The number of nitriles is 1. The van der Waals surface area contributed by atoms with Crippen molar-refractivity contribution in [2.24, 2.45) is 4.99 Å². The number of hydrogen-bond donors (Lipinski definition) is 2. The minimum absolute atomic E-state index is 0.0193. The van der Waals surface area contributed by atoms with Crippen molar-refractivity contribution in [2.75, 3.05) is 57.1 Å². The van der Waals surface area contributed by atoms with Crippen LogP contribution in [0, 0.1) is 11.5 Å². The SMILES string of the molecule is N#CNC(=NCCCCCCS(=O)(=O)N(Cc1ccccc1)OCCN1CCOCC1)Nc1ccncc1. The third kappa shape index (κ3) is 11.1. The number of sulfonamides is 1. The van der Waals surface area contributed by atoms with Crippen LogP contribution in [0.4, 0.5) is 5.69 Å². The molecule has 1 saturated heterocycles. The topological polar surface area (TPSA) is 132 Å². The summed E-state index contributed by atoms with van der Waals surface area (Å²) in [7, 11) is -3.59. The van der Waals surface area contributed by atoms with Crippen LogP contribution in [0.3, 0.4) is 0 Å². The molecule has 1 fully saturated rings. The van der Waals surface area contributed by atoms with Crippen LogP contribution in [0.2, 0.25) is 0 Å². The van der Waals surface area contributed by atoms with Gasteiger partial charge in [0.1, 0.15) is 0 Å². The molecule has 0 radical (unpaired) electrons. The number of unbranched alkanes of at least 4 members (excludes halogenated alkanes) is 3. The molecule has 3 rings (SSSR count). The molecule has 0 saturated carbocycles. The number of ether oxygens (including phenoxy) is 1. The summed E-state index contributed by atoms with van der Waals surface area (Å²) < 4.78 is 32.8. The summed E-state index contributed by atoms with van der Waals surface area (Å²) in [5, 5.41) is 14.5. The lowest BCUT2D eigenvalue weighted by Gasteiger charge is -2.28. The highest BCUT2D eigenvalue weighted by Gasteiger charge is 2.23. The summed E-state index contributed by atoms with van der Waals surface area (Å²) in [4.78, 5) is 16.4. The van der Waals surface area contributed by atoms with E-state index in [2.05, 4.69) is 25.5 Å². The van der Waals surface area contributed by atoms with E-state index in [1.54, 1.807) is 24.5 Å². The zero-order valence-electron chi connectivity index (χ0n) is 21.7. The monoisotopic (exact) mass is 543 g/mol. The van der Waals surface area contributed by atoms with Crippen LogP contribution in [0.1, 0.15) is 31.2 Å². The molecule has 12 heteroatoms. The Hall–Kier alpha value is -3.08. The molecule has 2 N–H and O–H groups in total. The van der Waals surface area contributed by atoms with E-state index in [0.29, 0.717) is 45.3 Å². The van der Waals surface area contributed by atoms with Crippen molar-refractivity contribution < 1.29 is 18.0 Å². The fourth-order valence-electron chi connectivity index (χ4n) is 3.83. The number of aliphatic imine (C=N–C) groups is 1. The molecule has 0 bridgehead atoms. The Balaban J connectivity index is 1.42. The van der Waals surface area contributed by atoms with Gasteiger partial charge in [0.05, 0.1) is 32.1 Å². The third-order valence-corrected chi connectivity index (χ3v) is 7.57. The molecule has 206 valence electrons. The number of nitrogens with zero attached hydrogens (tertiary/aromatic N) is 5. The fourth-order valence-corrected chi connectivity index (χ4v) is 5.18. The molecule has 0 amide bonds. The Labute approximate surface area is 225 Å². The molecular weight excluding hydrogens is 506 g/mol. The fraction of sp³-hybridized carbons (Fsp3) is 0.500. The smallest absolute Gasteiger partial charge is 0.236 e. The van der Waals surface area contributed by atoms with Crippen molar-refractivity contribution in [3.63, 3.8) is 0 Å². The number of guanidine groups is 1. The van der Waals surface area contributed by atoms with Gasteiger partial charge in [-0.05, 0) is 30.5 Å². The highest BCUT2D eigenvalue weighted by molar-refractivity contribution is 7.88. The average Bonchev–Trinajstić information content (AvgIpc) is 2.94. The molecule has 1 aromatic heterocycles. The summed E-state index contributed by atoms with van der Waals surface area (Å²) in [5.41, 5.74) is 1.65. The normalized spacial score (nSPS) is 14.8. The zero-order chi connectivity index (χ0) is 26.9. The van der Waals surface area contributed by atoms with E-state index in [1.165, 1.54) is 0 Å². The second kappa shape index (κ2) is 16.7. The van der Waals surface area contributed by atoms with E-state index < -0.39 is 10.0 Å². The third-order valence-electron chi connectivity index (χ3n) is 5.91. The second-order valence-corrected chi connectivity index (χ2v) is 10.8. The number of pyridine rings is 1. The van der Waals surface area contributed by atoms with Crippen LogP contribution in [-0.4, -0.2) is 80.5 Å². The largest absolute Gasteiger partial charge is 0.379 e. The highest BCUT2D eigenvalue weighted by Crippen LogP contribution is 2.14. The first kappa shape index (κ1) is 29.5. The van der Waals surface area contributed by atoms with Gasteiger partial charge >= 0.3 is 0 Å². The predicted octanol–water partition coefficient (Wildman–Crippen LogP) is 2.58. The molecule has 38 heavy (non-hydrogen) atoms. The number of nitrogens with one attached hydrogen (secondary N) is 2. The van der Waals surface area contributed by atoms with E-state index >= 15 is 0 Å². The van der Waals surface area contributed by atoms with Crippen LogP contribution < -0.4 is 10.6 Å². The summed E-state index contributed by atoms with van der Waals surface area (Å²) in [6.45, 7) is 4.68. The number of rotatable bonds is 15. The van der Waals surface area contributed by atoms with Crippen molar-refractivity contribution >= 4 is 21.7 Å². The Morgan fingerprint density at radius 2 is 1.84 bits per heavy atom. The first-order valence-corrected chi connectivity index (χ1v) is 14.5. The number of hydrogen-bond acceptors (Lipinski definition) is 8. The van der Waals surface area contributed by atoms with Gasteiger partial charge in [-0.15, -0.1) is 0 Å². The molecule has 1 aliphatic heterocycles. The highest BCUT2D eigenvalue weighted by atomic mass is 32.2. The van der Waals surface area contributed by atoms with Crippen LogP contribution in [0.25, 0.3) is 0 Å². The molecule has 11 nitrogen and oxygen atoms in total. The molecule has 0 atom stereocenters. The number of aromatic nitrogens is 1. The van der Waals surface area contributed by atoms with Gasteiger partial charge in [0.25, 0.3) is 0 Å². The summed E-state index contributed by atoms with van der Waals surface area (Å²) in [6, 6.07) is 13.0.